The van der Waals surface area contributed by atoms with E-state index in [-0.39, 0.29) is 0 Å². The second-order valence-electron chi connectivity index (χ2n) is 4.61. The van der Waals surface area contributed by atoms with Crippen molar-refractivity contribution in [1.29, 1.82) is 0 Å². The van der Waals surface area contributed by atoms with Gasteiger partial charge in [0.2, 0.25) is 5.91 Å². The van der Waals surface area contributed by atoms with Gasteiger partial charge in [-0.1, -0.05) is 30.3 Å². The zero-order valence-electron chi connectivity index (χ0n) is 11.2. The number of carbonyl (C=O) groups excluding carboxylic acids is 1. The lowest BCUT2D eigenvalue weighted by Gasteiger charge is -2.06. The molecule has 4 nitrogen and oxygen atoms in total. The van der Waals surface area contributed by atoms with Crippen LogP contribution in [0.15, 0.2) is 48.5 Å². The molecule has 2 N–H and O–H groups in total. The lowest BCUT2D eigenvalue weighted by molar-refractivity contribution is 0.100. The van der Waals surface area contributed by atoms with Crippen LogP contribution in [0.1, 0.15) is 17.3 Å². The third-order valence-corrected chi connectivity index (χ3v) is 3.38. The smallest absolute Gasteiger partial charge is 0.248 e. The Hall–Kier alpha value is -2.62. The van der Waals surface area contributed by atoms with Crippen molar-refractivity contribution in [2.45, 2.75) is 13.5 Å². The van der Waals surface area contributed by atoms with Crippen LogP contribution in [0, 0.1) is 0 Å². The predicted octanol–water partition coefficient (Wildman–Crippen LogP) is 2.82. The first-order valence-corrected chi connectivity index (χ1v) is 6.56. The van der Waals surface area contributed by atoms with Gasteiger partial charge in [-0.25, -0.2) is 4.98 Å². The molecule has 4 heteroatoms. The van der Waals surface area contributed by atoms with E-state index in [0.29, 0.717) is 5.56 Å². The highest BCUT2D eigenvalue weighted by molar-refractivity contribution is 5.96. The Morgan fingerprint density at radius 1 is 1.20 bits per heavy atom. The fourth-order valence-electron chi connectivity index (χ4n) is 2.40. The topological polar surface area (TPSA) is 60.9 Å². The molecular formula is C16H15N3O. The minimum absolute atomic E-state index is 0.419. The van der Waals surface area contributed by atoms with Gasteiger partial charge in [0.25, 0.3) is 0 Å². The molecule has 0 spiro atoms. The number of amides is 1. The van der Waals surface area contributed by atoms with Crippen molar-refractivity contribution in [2.75, 3.05) is 0 Å². The van der Waals surface area contributed by atoms with Gasteiger partial charge in [0.05, 0.1) is 11.0 Å². The van der Waals surface area contributed by atoms with Crippen molar-refractivity contribution in [3.05, 3.63) is 54.1 Å². The largest absolute Gasteiger partial charge is 0.366 e. The molecule has 1 aromatic heterocycles. The van der Waals surface area contributed by atoms with Crippen molar-refractivity contribution in [1.82, 2.24) is 9.55 Å². The van der Waals surface area contributed by atoms with Crippen LogP contribution in [-0.2, 0) is 6.54 Å². The second kappa shape index (κ2) is 4.81. The minimum atomic E-state index is -0.419. The van der Waals surface area contributed by atoms with Crippen LogP contribution in [0.25, 0.3) is 22.4 Å². The second-order valence-corrected chi connectivity index (χ2v) is 4.61. The molecule has 0 saturated carbocycles. The SMILES string of the molecule is CCn1c(-c2ccccc2)nc2ccc(C(N)=O)cc21. The van der Waals surface area contributed by atoms with Gasteiger partial charge in [-0.2, -0.15) is 0 Å². The number of aryl methyl sites for hydroxylation is 1. The maximum Gasteiger partial charge on any atom is 0.248 e. The molecule has 100 valence electrons. The van der Waals surface area contributed by atoms with Crippen LogP contribution < -0.4 is 5.73 Å². The third kappa shape index (κ3) is 1.95. The number of fused-ring (bicyclic) bond motifs is 1. The molecular weight excluding hydrogens is 250 g/mol. The molecule has 0 aliphatic heterocycles. The summed E-state index contributed by atoms with van der Waals surface area (Å²) in [4.78, 5) is 16.0. The summed E-state index contributed by atoms with van der Waals surface area (Å²) in [7, 11) is 0. The fourth-order valence-corrected chi connectivity index (χ4v) is 2.40. The van der Waals surface area contributed by atoms with Crippen molar-refractivity contribution >= 4 is 16.9 Å². The predicted molar refractivity (Wildman–Crippen MR) is 79.4 cm³/mol. The van der Waals surface area contributed by atoms with Crippen LogP contribution in [-0.4, -0.2) is 15.5 Å². The molecule has 0 atom stereocenters. The van der Waals surface area contributed by atoms with Gasteiger partial charge < -0.3 is 10.3 Å². The Kier molecular flexibility index (Phi) is 2.99. The summed E-state index contributed by atoms with van der Waals surface area (Å²) in [6.07, 6.45) is 0. The van der Waals surface area contributed by atoms with E-state index < -0.39 is 5.91 Å². The first-order chi connectivity index (χ1) is 9.70. The molecule has 0 radical (unpaired) electrons. The lowest BCUT2D eigenvalue weighted by atomic mass is 10.2. The Balaban J connectivity index is 2.27. The highest BCUT2D eigenvalue weighted by Crippen LogP contribution is 2.25. The highest BCUT2D eigenvalue weighted by atomic mass is 16.1. The Labute approximate surface area is 116 Å². The average molecular weight is 265 g/mol. The van der Waals surface area contributed by atoms with Crippen LogP contribution in [0.5, 0.6) is 0 Å². The van der Waals surface area contributed by atoms with E-state index in [9.17, 15) is 4.79 Å². The highest BCUT2D eigenvalue weighted by Gasteiger charge is 2.12. The van der Waals surface area contributed by atoms with Gasteiger partial charge in [-0.15, -0.1) is 0 Å². The summed E-state index contributed by atoms with van der Waals surface area (Å²) < 4.78 is 2.09. The van der Waals surface area contributed by atoms with Crippen molar-refractivity contribution < 1.29 is 4.79 Å². The van der Waals surface area contributed by atoms with Gasteiger partial charge in [0.15, 0.2) is 0 Å². The van der Waals surface area contributed by atoms with Gasteiger partial charge in [0.1, 0.15) is 5.82 Å². The number of benzene rings is 2. The number of carbonyl (C=O) groups is 1. The van der Waals surface area contributed by atoms with Gasteiger partial charge >= 0.3 is 0 Å². The van der Waals surface area contributed by atoms with Crippen molar-refractivity contribution in [3.8, 4) is 11.4 Å². The summed E-state index contributed by atoms with van der Waals surface area (Å²) in [5.74, 6) is 0.488. The van der Waals surface area contributed by atoms with Gasteiger partial charge in [-0.05, 0) is 25.1 Å². The zero-order chi connectivity index (χ0) is 14.1. The molecule has 0 fully saturated rings. The number of hydrogen-bond donors (Lipinski definition) is 1. The molecule has 0 bridgehead atoms. The summed E-state index contributed by atoms with van der Waals surface area (Å²) in [6, 6.07) is 15.4. The number of nitrogens with zero attached hydrogens (tertiary/aromatic N) is 2. The monoisotopic (exact) mass is 265 g/mol. The molecule has 1 heterocycles. The zero-order valence-corrected chi connectivity index (χ0v) is 11.2. The molecule has 3 rings (SSSR count). The van der Waals surface area contributed by atoms with Crippen LogP contribution in [0.3, 0.4) is 0 Å². The van der Waals surface area contributed by atoms with E-state index in [2.05, 4.69) is 16.5 Å². The van der Waals surface area contributed by atoms with E-state index in [1.165, 1.54) is 0 Å². The summed E-state index contributed by atoms with van der Waals surface area (Å²) >= 11 is 0. The first-order valence-electron chi connectivity index (χ1n) is 6.56. The Bertz CT molecular complexity index is 775. The number of imidazole rings is 1. The molecule has 1 amide bonds. The normalized spacial score (nSPS) is 10.8. The van der Waals surface area contributed by atoms with Crippen LogP contribution in [0.2, 0.25) is 0 Å². The van der Waals surface area contributed by atoms with E-state index in [0.717, 1.165) is 29.0 Å². The van der Waals surface area contributed by atoms with E-state index in [1.54, 1.807) is 12.1 Å². The summed E-state index contributed by atoms with van der Waals surface area (Å²) in [5, 5.41) is 0. The van der Waals surface area contributed by atoms with Crippen molar-refractivity contribution in [3.63, 3.8) is 0 Å². The average Bonchev–Trinajstić information content (AvgIpc) is 2.85. The Morgan fingerprint density at radius 2 is 1.95 bits per heavy atom. The number of aromatic nitrogens is 2. The minimum Gasteiger partial charge on any atom is -0.366 e. The molecule has 2 aromatic carbocycles. The van der Waals surface area contributed by atoms with E-state index in [4.69, 9.17) is 5.73 Å². The molecule has 0 saturated heterocycles. The molecule has 3 aromatic rings. The first kappa shape index (κ1) is 12.4. The maximum absolute atomic E-state index is 11.3. The van der Waals surface area contributed by atoms with Gasteiger partial charge in [0, 0.05) is 17.7 Å². The van der Waals surface area contributed by atoms with Crippen LogP contribution >= 0.6 is 0 Å². The maximum atomic E-state index is 11.3. The van der Waals surface area contributed by atoms with Crippen LogP contribution in [0.4, 0.5) is 0 Å². The van der Waals surface area contributed by atoms with Gasteiger partial charge in [-0.3, -0.25) is 4.79 Å². The number of rotatable bonds is 3. The number of primary amides is 1. The third-order valence-electron chi connectivity index (χ3n) is 3.38. The number of hydrogen-bond acceptors (Lipinski definition) is 2. The lowest BCUT2D eigenvalue weighted by Crippen LogP contribution is -2.10. The van der Waals surface area contributed by atoms with E-state index in [1.807, 2.05) is 36.4 Å². The fraction of sp³-hybridized carbons (Fsp3) is 0.125. The molecule has 0 unspecified atom stereocenters. The molecule has 20 heavy (non-hydrogen) atoms. The standard InChI is InChI=1S/C16H15N3O/c1-2-19-14-10-12(15(17)20)8-9-13(14)18-16(19)11-6-4-3-5-7-11/h3-10H,2H2,1H3,(H2,17,20). The molecule has 0 aliphatic carbocycles. The van der Waals surface area contributed by atoms with E-state index >= 15 is 0 Å². The molecule has 0 aliphatic rings. The Morgan fingerprint density at radius 3 is 2.60 bits per heavy atom. The van der Waals surface area contributed by atoms with Crippen molar-refractivity contribution in [2.24, 2.45) is 5.73 Å². The quantitative estimate of drug-likeness (QED) is 0.791. The number of nitrogens with two attached hydrogens (primary N) is 1. The summed E-state index contributed by atoms with van der Waals surface area (Å²) in [5.41, 5.74) is 8.72. The summed E-state index contributed by atoms with van der Waals surface area (Å²) in [6.45, 7) is 2.84.